The summed E-state index contributed by atoms with van der Waals surface area (Å²) in [6.07, 6.45) is 8.48. The molecule has 2 aliphatic rings. The van der Waals surface area contributed by atoms with Gasteiger partial charge in [-0.25, -0.2) is 0 Å². The molecule has 1 saturated carbocycles. The zero-order valence-electron chi connectivity index (χ0n) is 10.3. The van der Waals surface area contributed by atoms with Crippen LogP contribution in [-0.2, 0) is 4.79 Å². The molecular weight excluding hydrogens is 200 g/mol. The number of carbonyl (C=O) groups is 1. The predicted molar refractivity (Wildman–Crippen MR) is 64.1 cm³/mol. The average Bonchev–Trinajstić information content (AvgIpc) is 2.27. The molecule has 0 amide bonds. The van der Waals surface area contributed by atoms with E-state index in [0.717, 1.165) is 12.3 Å². The van der Waals surface area contributed by atoms with Gasteiger partial charge in [-0.1, -0.05) is 25.0 Å². The van der Waals surface area contributed by atoms with Gasteiger partial charge in [-0.3, -0.25) is 4.79 Å². The van der Waals surface area contributed by atoms with Gasteiger partial charge in [-0.15, -0.1) is 0 Å². The Bertz CT molecular complexity index is 306. The average molecular weight is 222 g/mol. The Balaban J connectivity index is 2.18. The topological polar surface area (TPSA) is 37.3 Å². The van der Waals surface area contributed by atoms with Crippen LogP contribution in [0.5, 0.6) is 0 Å². The summed E-state index contributed by atoms with van der Waals surface area (Å²) in [7, 11) is 0. The molecule has 0 aromatic heterocycles. The standard InChI is InChI=1S/C14H22O2/c1-9-6-7-11-4-3-5-12(13(11)8-9)10(2)14(15)16/h8,10-13H,3-7H2,1-2H3,(H,15,16)/t10?,11-,12?,13+/m1/s1. The second kappa shape index (κ2) is 4.60. The molecule has 0 radical (unpaired) electrons. The first-order chi connectivity index (χ1) is 7.59. The minimum Gasteiger partial charge on any atom is -0.481 e. The minimum absolute atomic E-state index is 0.185. The van der Waals surface area contributed by atoms with Crippen molar-refractivity contribution in [3.63, 3.8) is 0 Å². The van der Waals surface area contributed by atoms with Gasteiger partial charge in [0.15, 0.2) is 0 Å². The van der Waals surface area contributed by atoms with Gasteiger partial charge in [0, 0.05) is 0 Å². The number of allylic oxidation sites excluding steroid dienone is 2. The summed E-state index contributed by atoms with van der Waals surface area (Å²) >= 11 is 0. The van der Waals surface area contributed by atoms with E-state index < -0.39 is 5.97 Å². The lowest BCUT2D eigenvalue weighted by molar-refractivity contribution is -0.144. The van der Waals surface area contributed by atoms with Crippen LogP contribution in [0, 0.1) is 23.7 Å². The van der Waals surface area contributed by atoms with Gasteiger partial charge < -0.3 is 5.11 Å². The van der Waals surface area contributed by atoms with Crippen molar-refractivity contribution in [2.24, 2.45) is 23.7 Å². The Morgan fingerprint density at radius 3 is 2.88 bits per heavy atom. The van der Waals surface area contributed by atoms with Gasteiger partial charge in [0.2, 0.25) is 0 Å². The first-order valence-electron chi connectivity index (χ1n) is 6.49. The van der Waals surface area contributed by atoms with Crippen molar-refractivity contribution in [1.29, 1.82) is 0 Å². The molecule has 0 spiro atoms. The van der Waals surface area contributed by atoms with Crippen molar-refractivity contribution in [2.75, 3.05) is 0 Å². The van der Waals surface area contributed by atoms with Crippen LogP contribution in [0.25, 0.3) is 0 Å². The summed E-state index contributed by atoms with van der Waals surface area (Å²) < 4.78 is 0. The second-order valence-electron chi connectivity index (χ2n) is 5.61. The summed E-state index contributed by atoms with van der Waals surface area (Å²) in [4.78, 5) is 11.1. The summed E-state index contributed by atoms with van der Waals surface area (Å²) in [5.74, 6) is 0.849. The lowest BCUT2D eigenvalue weighted by Gasteiger charge is -2.41. The normalized spacial score (nSPS) is 36.1. The Labute approximate surface area is 97.7 Å². The predicted octanol–water partition coefficient (Wildman–Crippen LogP) is 3.48. The van der Waals surface area contributed by atoms with Crippen molar-refractivity contribution >= 4 is 5.97 Å². The van der Waals surface area contributed by atoms with Crippen molar-refractivity contribution in [3.8, 4) is 0 Å². The quantitative estimate of drug-likeness (QED) is 0.726. The molecule has 4 atom stereocenters. The number of hydrogen-bond donors (Lipinski definition) is 1. The summed E-state index contributed by atoms with van der Waals surface area (Å²) in [6.45, 7) is 4.07. The third-order valence-electron chi connectivity index (χ3n) is 4.57. The maximum absolute atomic E-state index is 11.1. The van der Waals surface area contributed by atoms with Crippen molar-refractivity contribution in [3.05, 3.63) is 11.6 Å². The fraction of sp³-hybridized carbons (Fsp3) is 0.786. The molecular formula is C14H22O2. The number of hydrogen-bond acceptors (Lipinski definition) is 1. The first-order valence-corrected chi connectivity index (χ1v) is 6.49. The lowest BCUT2D eigenvalue weighted by atomic mass is 9.63. The molecule has 0 aliphatic heterocycles. The Kier molecular flexibility index (Phi) is 3.36. The van der Waals surface area contributed by atoms with Crippen molar-refractivity contribution in [1.82, 2.24) is 0 Å². The number of carboxylic acids is 1. The first kappa shape index (κ1) is 11.7. The number of fused-ring (bicyclic) bond motifs is 1. The third-order valence-corrected chi connectivity index (χ3v) is 4.57. The van der Waals surface area contributed by atoms with Gasteiger partial charge in [0.1, 0.15) is 0 Å². The highest BCUT2D eigenvalue weighted by molar-refractivity contribution is 5.70. The molecule has 90 valence electrons. The molecule has 2 rings (SSSR count). The molecule has 0 heterocycles. The van der Waals surface area contributed by atoms with E-state index in [-0.39, 0.29) is 5.92 Å². The number of rotatable bonds is 2. The molecule has 0 bridgehead atoms. The van der Waals surface area contributed by atoms with Gasteiger partial charge in [0.05, 0.1) is 5.92 Å². The van der Waals surface area contributed by atoms with Crippen LogP contribution >= 0.6 is 0 Å². The Hall–Kier alpha value is -0.790. The molecule has 0 aromatic carbocycles. The van der Waals surface area contributed by atoms with Crippen LogP contribution in [0.2, 0.25) is 0 Å². The van der Waals surface area contributed by atoms with Crippen LogP contribution in [0.4, 0.5) is 0 Å². The SMILES string of the molecule is CC1=C[C@@H]2C(C(C)C(=O)O)CCC[C@@H]2CC1. The van der Waals surface area contributed by atoms with E-state index in [2.05, 4.69) is 13.0 Å². The summed E-state index contributed by atoms with van der Waals surface area (Å²) in [6, 6.07) is 0. The molecule has 0 saturated heterocycles. The molecule has 2 unspecified atom stereocenters. The van der Waals surface area contributed by atoms with Gasteiger partial charge in [-0.05, 0) is 50.4 Å². The maximum Gasteiger partial charge on any atom is 0.306 e. The van der Waals surface area contributed by atoms with E-state index in [1.165, 1.54) is 31.3 Å². The summed E-state index contributed by atoms with van der Waals surface area (Å²) in [5.41, 5.74) is 1.46. The number of carboxylic acid groups (broad SMARTS) is 1. The highest BCUT2D eigenvalue weighted by atomic mass is 16.4. The highest BCUT2D eigenvalue weighted by Gasteiger charge is 2.38. The number of aliphatic carboxylic acids is 1. The fourth-order valence-electron chi connectivity index (χ4n) is 3.54. The zero-order valence-corrected chi connectivity index (χ0v) is 10.3. The van der Waals surface area contributed by atoms with Crippen molar-refractivity contribution in [2.45, 2.75) is 46.0 Å². The molecule has 2 aliphatic carbocycles. The largest absolute Gasteiger partial charge is 0.481 e. The van der Waals surface area contributed by atoms with Crippen LogP contribution in [0.15, 0.2) is 11.6 Å². The third kappa shape index (κ3) is 2.16. The van der Waals surface area contributed by atoms with Crippen LogP contribution < -0.4 is 0 Å². The summed E-state index contributed by atoms with van der Waals surface area (Å²) in [5, 5.41) is 9.17. The van der Waals surface area contributed by atoms with Gasteiger partial charge in [0.25, 0.3) is 0 Å². The van der Waals surface area contributed by atoms with E-state index in [1.54, 1.807) is 0 Å². The van der Waals surface area contributed by atoms with Gasteiger partial charge in [-0.2, -0.15) is 0 Å². The molecule has 1 N–H and O–H groups in total. The molecule has 1 fully saturated rings. The fourth-order valence-corrected chi connectivity index (χ4v) is 3.54. The smallest absolute Gasteiger partial charge is 0.306 e. The van der Waals surface area contributed by atoms with Crippen LogP contribution in [0.3, 0.4) is 0 Å². The van der Waals surface area contributed by atoms with Gasteiger partial charge >= 0.3 is 5.97 Å². The van der Waals surface area contributed by atoms with Crippen LogP contribution in [-0.4, -0.2) is 11.1 Å². The van der Waals surface area contributed by atoms with E-state index in [4.69, 9.17) is 5.11 Å². The van der Waals surface area contributed by atoms with E-state index in [9.17, 15) is 4.79 Å². The molecule has 16 heavy (non-hydrogen) atoms. The van der Waals surface area contributed by atoms with E-state index in [0.29, 0.717) is 11.8 Å². The monoisotopic (exact) mass is 222 g/mol. The Morgan fingerprint density at radius 1 is 1.44 bits per heavy atom. The van der Waals surface area contributed by atoms with E-state index in [1.807, 2.05) is 6.92 Å². The minimum atomic E-state index is -0.623. The maximum atomic E-state index is 11.1. The molecule has 0 aromatic rings. The second-order valence-corrected chi connectivity index (χ2v) is 5.61. The Morgan fingerprint density at radius 2 is 2.19 bits per heavy atom. The molecule has 2 heteroatoms. The van der Waals surface area contributed by atoms with Crippen LogP contribution in [0.1, 0.15) is 46.0 Å². The lowest BCUT2D eigenvalue weighted by Crippen LogP contribution is -2.35. The van der Waals surface area contributed by atoms with Crippen molar-refractivity contribution < 1.29 is 9.90 Å². The van der Waals surface area contributed by atoms with E-state index >= 15 is 0 Å². The zero-order chi connectivity index (χ0) is 11.7. The highest BCUT2D eigenvalue weighted by Crippen LogP contribution is 2.45. The molecule has 2 nitrogen and oxygen atoms in total.